The fourth-order valence-electron chi connectivity index (χ4n) is 2.96. The minimum atomic E-state index is -0.708. The summed E-state index contributed by atoms with van der Waals surface area (Å²) in [7, 11) is 1.32. The van der Waals surface area contributed by atoms with Gasteiger partial charge in [-0.15, -0.1) is 0 Å². The van der Waals surface area contributed by atoms with Gasteiger partial charge in [-0.1, -0.05) is 6.07 Å². The zero-order valence-electron chi connectivity index (χ0n) is 14.8. The van der Waals surface area contributed by atoms with Crippen molar-refractivity contribution in [2.45, 2.75) is 58.1 Å². The molecule has 0 fully saturated rings. The molecule has 6 heteroatoms. The summed E-state index contributed by atoms with van der Waals surface area (Å²) >= 11 is 0. The first kappa shape index (κ1) is 18.2. The van der Waals surface area contributed by atoms with Gasteiger partial charge in [-0.25, -0.2) is 9.59 Å². The lowest BCUT2D eigenvalue weighted by Crippen LogP contribution is -2.45. The van der Waals surface area contributed by atoms with Crippen LogP contribution in [0, 0.1) is 5.92 Å². The lowest BCUT2D eigenvalue weighted by molar-refractivity contribution is -0.143. The molecule has 0 saturated carbocycles. The maximum absolute atomic E-state index is 12.0. The second-order valence-corrected chi connectivity index (χ2v) is 7.18. The maximum Gasteiger partial charge on any atom is 0.408 e. The number of pyridine rings is 1. The zero-order valence-corrected chi connectivity index (χ0v) is 14.8. The van der Waals surface area contributed by atoms with Crippen LogP contribution < -0.4 is 5.32 Å². The molecule has 0 spiro atoms. The van der Waals surface area contributed by atoms with E-state index in [4.69, 9.17) is 9.47 Å². The van der Waals surface area contributed by atoms with Crippen LogP contribution in [-0.2, 0) is 27.1 Å². The number of amides is 1. The number of esters is 1. The van der Waals surface area contributed by atoms with Crippen LogP contribution in [0.2, 0.25) is 0 Å². The van der Waals surface area contributed by atoms with E-state index in [0.717, 1.165) is 25.0 Å². The van der Waals surface area contributed by atoms with Crippen LogP contribution in [0.1, 0.15) is 44.9 Å². The number of aromatic nitrogens is 1. The summed E-state index contributed by atoms with van der Waals surface area (Å²) in [6.45, 7) is 5.34. The van der Waals surface area contributed by atoms with Gasteiger partial charge < -0.3 is 14.8 Å². The lowest BCUT2D eigenvalue weighted by atomic mass is 9.83. The molecule has 1 heterocycles. The number of hydrogen-bond acceptors (Lipinski definition) is 5. The Morgan fingerprint density at radius 2 is 2.17 bits per heavy atom. The van der Waals surface area contributed by atoms with E-state index in [2.05, 4.69) is 16.4 Å². The third-order valence-corrected chi connectivity index (χ3v) is 4.03. The van der Waals surface area contributed by atoms with Gasteiger partial charge in [-0.3, -0.25) is 4.98 Å². The maximum atomic E-state index is 12.0. The molecule has 6 nitrogen and oxygen atoms in total. The Hall–Kier alpha value is -2.11. The number of ether oxygens (including phenoxy) is 2. The van der Waals surface area contributed by atoms with Crippen molar-refractivity contribution < 1.29 is 19.1 Å². The molecule has 24 heavy (non-hydrogen) atoms. The fraction of sp³-hybridized carbons (Fsp3) is 0.611. The van der Waals surface area contributed by atoms with E-state index < -0.39 is 23.7 Å². The van der Waals surface area contributed by atoms with E-state index in [0.29, 0.717) is 6.42 Å². The molecule has 1 aromatic rings. The van der Waals surface area contributed by atoms with Crippen molar-refractivity contribution in [3.63, 3.8) is 0 Å². The van der Waals surface area contributed by atoms with Crippen molar-refractivity contribution in [3.05, 3.63) is 29.6 Å². The van der Waals surface area contributed by atoms with E-state index in [1.807, 2.05) is 6.07 Å². The first-order valence-corrected chi connectivity index (χ1v) is 8.28. The van der Waals surface area contributed by atoms with E-state index in [-0.39, 0.29) is 5.92 Å². The summed E-state index contributed by atoms with van der Waals surface area (Å²) in [5.41, 5.74) is 1.73. The topological polar surface area (TPSA) is 77.5 Å². The van der Waals surface area contributed by atoms with Crippen LogP contribution in [0.3, 0.4) is 0 Å². The van der Waals surface area contributed by atoms with Crippen LogP contribution in [0.25, 0.3) is 0 Å². The normalized spacial score (nSPS) is 18.2. The Balaban J connectivity index is 1.99. The second-order valence-electron chi connectivity index (χ2n) is 7.18. The molecule has 1 aliphatic carbocycles. The van der Waals surface area contributed by atoms with Gasteiger partial charge in [0.15, 0.2) is 0 Å². The van der Waals surface area contributed by atoms with E-state index in [9.17, 15) is 9.59 Å². The number of carbonyl (C=O) groups excluding carboxylic acids is 2. The first-order chi connectivity index (χ1) is 11.3. The highest BCUT2D eigenvalue weighted by Gasteiger charge is 2.29. The molecule has 1 amide bonds. The highest BCUT2D eigenvalue weighted by molar-refractivity contribution is 5.81. The molecule has 1 N–H and O–H groups in total. The predicted molar refractivity (Wildman–Crippen MR) is 89.5 cm³/mol. The molecule has 0 aliphatic heterocycles. The van der Waals surface area contributed by atoms with Gasteiger partial charge >= 0.3 is 12.1 Å². The van der Waals surface area contributed by atoms with Crippen molar-refractivity contribution in [1.82, 2.24) is 10.3 Å². The van der Waals surface area contributed by atoms with Gasteiger partial charge in [-0.05, 0) is 64.0 Å². The number of nitrogens with one attached hydrogen (secondary N) is 1. The molecule has 0 saturated heterocycles. The number of hydrogen-bond donors (Lipinski definition) is 1. The van der Waals surface area contributed by atoms with Gasteiger partial charge in [0.1, 0.15) is 11.6 Å². The average molecular weight is 334 g/mol. The largest absolute Gasteiger partial charge is 0.467 e. The lowest BCUT2D eigenvalue weighted by Gasteiger charge is -2.27. The van der Waals surface area contributed by atoms with Crippen LogP contribution >= 0.6 is 0 Å². The molecule has 1 aromatic heterocycles. The number of methoxy groups -OCH3 is 1. The van der Waals surface area contributed by atoms with Crippen molar-refractivity contribution >= 4 is 12.1 Å². The summed E-state index contributed by atoms with van der Waals surface area (Å²) in [6, 6.07) is 3.33. The van der Waals surface area contributed by atoms with Gasteiger partial charge in [0.25, 0.3) is 0 Å². The number of fused-ring (bicyclic) bond motifs is 1. The molecule has 0 radical (unpaired) electrons. The minimum Gasteiger partial charge on any atom is -0.467 e. The molecule has 2 atom stereocenters. The quantitative estimate of drug-likeness (QED) is 0.857. The molecule has 0 bridgehead atoms. The highest BCUT2D eigenvalue weighted by Crippen LogP contribution is 2.27. The highest BCUT2D eigenvalue weighted by atomic mass is 16.6. The van der Waals surface area contributed by atoms with Crippen molar-refractivity contribution in [2.24, 2.45) is 5.92 Å². The Bertz CT molecular complexity index is 595. The average Bonchev–Trinajstić information content (AvgIpc) is 2.51. The number of aryl methyl sites for hydroxylation is 1. The number of nitrogens with zero attached hydrogens (tertiary/aromatic N) is 1. The zero-order chi connectivity index (χ0) is 17.7. The van der Waals surface area contributed by atoms with E-state index >= 15 is 0 Å². The number of carbonyl (C=O) groups is 2. The van der Waals surface area contributed by atoms with Gasteiger partial charge in [0.05, 0.1) is 7.11 Å². The monoisotopic (exact) mass is 334 g/mol. The van der Waals surface area contributed by atoms with E-state index in [1.54, 1.807) is 27.0 Å². The SMILES string of the molecule is COC(=O)C(CC1CCc2cccnc2C1)NC(=O)OC(C)(C)C. The Labute approximate surface area is 142 Å². The molecule has 132 valence electrons. The summed E-state index contributed by atoms with van der Waals surface area (Å²) in [5, 5.41) is 2.64. The Morgan fingerprint density at radius 1 is 1.42 bits per heavy atom. The van der Waals surface area contributed by atoms with Gasteiger partial charge in [0, 0.05) is 11.9 Å². The van der Waals surface area contributed by atoms with Crippen LogP contribution in [0.15, 0.2) is 18.3 Å². The molecular weight excluding hydrogens is 308 g/mol. The third-order valence-electron chi connectivity index (χ3n) is 4.03. The Kier molecular flexibility index (Phi) is 5.80. The van der Waals surface area contributed by atoms with Crippen LogP contribution in [-0.4, -0.2) is 35.8 Å². The second kappa shape index (κ2) is 7.64. The Morgan fingerprint density at radius 3 is 2.83 bits per heavy atom. The van der Waals surface area contributed by atoms with Crippen molar-refractivity contribution in [2.75, 3.05) is 7.11 Å². The van der Waals surface area contributed by atoms with Crippen molar-refractivity contribution in [1.29, 1.82) is 0 Å². The summed E-state index contributed by atoms with van der Waals surface area (Å²) in [4.78, 5) is 28.4. The van der Waals surface area contributed by atoms with Gasteiger partial charge in [-0.2, -0.15) is 0 Å². The minimum absolute atomic E-state index is 0.270. The molecule has 0 aromatic carbocycles. The summed E-state index contributed by atoms with van der Waals surface area (Å²) < 4.78 is 10.1. The van der Waals surface area contributed by atoms with Crippen LogP contribution in [0.4, 0.5) is 4.79 Å². The summed E-state index contributed by atoms with van der Waals surface area (Å²) in [6.07, 6.45) is 4.41. The molecule has 2 unspecified atom stereocenters. The smallest absolute Gasteiger partial charge is 0.408 e. The predicted octanol–water partition coefficient (Wildman–Crippen LogP) is 2.64. The van der Waals surface area contributed by atoms with Gasteiger partial charge in [0.2, 0.25) is 0 Å². The summed E-state index contributed by atoms with van der Waals surface area (Å²) in [5.74, 6) is -0.181. The molecule has 2 rings (SSSR count). The fourth-order valence-corrected chi connectivity index (χ4v) is 2.96. The van der Waals surface area contributed by atoms with Crippen LogP contribution in [0.5, 0.6) is 0 Å². The standard InChI is InChI=1S/C18H26N2O4/c1-18(2,3)24-17(22)20-15(16(21)23-4)11-12-7-8-13-6-5-9-19-14(13)10-12/h5-6,9,12,15H,7-8,10-11H2,1-4H3,(H,20,22). The van der Waals surface area contributed by atoms with Crippen molar-refractivity contribution in [3.8, 4) is 0 Å². The van der Waals surface area contributed by atoms with E-state index in [1.165, 1.54) is 12.7 Å². The number of rotatable bonds is 4. The number of alkyl carbamates (subject to hydrolysis) is 1. The molecular formula is C18H26N2O4. The third kappa shape index (κ3) is 5.22. The first-order valence-electron chi connectivity index (χ1n) is 8.28. The molecule has 1 aliphatic rings.